The lowest BCUT2D eigenvalue weighted by Gasteiger charge is -2.10. The van der Waals surface area contributed by atoms with E-state index < -0.39 is 5.97 Å². The van der Waals surface area contributed by atoms with Crippen molar-refractivity contribution in [2.24, 2.45) is 0 Å². The number of nitrogens with zero attached hydrogens (tertiary/aromatic N) is 2. The maximum absolute atomic E-state index is 13.0. The van der Waals surface area contributed by atoms with Crippen molar-refractivity contribution in [2.75, 3.05) is 6.61 Å². The van der Waals surface area contributed by atoms with Crippen LogP contribution in [0.15, 0.2) is 85.1 Å². The van der Waals surface area contributed by atoms with E-state index in [1.165, 1.54) is 0 Å². The van der Waals surface area contributed by atoms with Crippen LogP contribution in [0.25, 0.3) is 16.8 Å². The molecule has 0 radical (unpaired) electrons. The number of para-hydroxylation sites is 1. The average Bonchev–Trinajstić information content (AvgIpc) is 3.31. The Bertz CT molecular complexity index is 1280. The summed E-state index contributed by atoms with van der Waals surface area (Å²) >= 11 is 0. The number of hydrogen-bond acceptors (Lipinski definition) is 4. The molecule has 0 unspecified atom stereocenters. The number of carboxylic acid groups (broad SMARTS) is 1. The summed E-state index contributed by atoms with van der Waals surface area (Å²) in [5.74, 6) is -0.645. The molecular weight excluding hydrogens is 442 g/mol. The molecule has 0 aliphatic carbocycles. The first-order valence-electron chi connectivity index (χ1n) is 11.5. The van der Waals surface area contributed by atoms with Gasteiger partial charge in [0.05, 0.1) is 23.1 Å². The summed E-state index contributed by atoms with van der Waals surface area (Å²) in [6, 6.07) is 25.0. The molecule has 7 nitrogen and oxygen atoms in total. The molecule has 0 saturated carbocycles. The highest BCUT2D eigenvalue weighted by molar-refractivity contribution is 5.95. The van der Waals surface area contributed by atoms with E-state index >= 15 is 0 Å². The van der Waals surface area contributed by atoms with Crippen molar-refractivity contribution in [3.63, 3.8) is 0 Å². The van der Waals surface area contributed by atoms with Crippen molar-refractivity contribution in [3.05, 3.63) is 102 Å². The third kappa shape index (κ3) is 5.95. The lowest BCUT2D eigenvalue weighted by molar-refractivity contribution is -0.139. The number of carboxylic acids is 1. The molecule has 0 bridgehead atoms. The molecule has 0 spiro atoms. The quantitative estimate of drug-likeness (QED) is 0.345. The van der Waals surface area contributed by atoms with Gasteiger partial charge in [-0.05, 0) is 47.4 Å². The van der Waals surface area contributed by atoms with E-state index in [0.29, 0.717) is 17.9 Å². The molecule has 178 valence electrons. The smallest absolute Gasteiger partial charge is 0.341 e. The predicted octanol–water partition coefficient (Wildman–Crippen LogP) is 4.89. The van der Waals surface area contributed by atoms with Crippen LogP contribution >= 0.6 is 0 Å². The predicted molar refractivity (Wildman–Crippen MR) is 134 cm³/mol. The molecule has 3 aromatic carbocycles. The summed E-state index contributed by atoms with van der Waals surface area (Å²) in [7, 11) is 0. The molecule has 1 aromatic heterocycles. The van der Waals surface area contributed by atoms with Crippen LogP contribution in [-0.4, -0.2) is 33.4 Å². The maximum atomic E-state index is 13.0. The number of carbonyl (C=O) groups excluding carboxylic acids is 1. The van der Waals surface area contributed by atoms with Crippen LogP contribution in [0.4, 0.5) is 0 Å². The van der Waals surface area contributed by atoms with Gasteiger partial charge in [0.2, 0.25) is 0 Å². The van der Waals surface area contributed by atoms with Crippen LogP contribution < -0.4 is 10.1 Å². The van der Waals surface area contributed by atoms with Gasteiger partial charge >= 0.3 is 5.97 Å². The summed E-state index contributed by atoms with van der Waals surface area (Å²) in [6.45, 7) is 2.12. The number of hydrogen-bond donors (Lipinski definition) is 2. The zero-order valence-corrected chi connectivity index (χ0v) is 19.5. The first kappa shape index (κ1) is 23.8. The van der Waals surface area contributed by atoms with Crippen molar-refractivity contribution < 1.29 is 19.4 Å². The Hall–Kier alpha value is -4.39. The number of aromatic nitrogens is 2. The molecule has 4 aromatic rings. The van der Waals surface area contributed by atoms with E-state index in [0.717, 1.165) is 40.9 Å². The van der Waals surface area contributed by atoms with Gasteiger partial charge in [-0.15, -0.1) is 0 Å². The maximum Gasteiger partial charge on any atom is 0.341 e. The van der Waals surface area contributed by atoms with E-state index in [2.05, 4.69) is 17.3 Å². The number of nitrogens with one attached hydrogen (secondary N) is 1. The van der Waals surface area contributed by atoms with Crippen LogP contribution in [0.5, 0.6) is 5.75 Å². The minimum absolute atomic E-state index is 0.142. The second kappa shape index (κ2) is 11.2. The van der Waals surface area contributed by atoms with Crippen molar-refractivity contribution in [1.82, 2.24) is 15.1 Å². The first-order chi connectivity index (χ1) is 17.0. The molecule has 0 atom stereocenters. The molecule has 4 rings (SSSR count). The fraction of sp³-hybridized carbons (Fsp3) is 0.179. The van der Waals surface area contributed by atoms with E-state index in [9.17, 15) is 9.59 Å². The molecule has 35 heavy (non-hydrogen) atoms. The summed E-state index contributed by atoms with van der Waals surface area (Å²) in [6.07, 6.45) is 3.31. The second-order valence-electron chi connectivity index (χ2n) is 8.09. The van der Waals surface area contributed by atoms with Crippen molar-refractivity contribution in [3.8, 4) is 22.6 Å². The van der Waals surface area contributed by atoms with Gasteiger partial charge in [-0.2, -0.15) is 5.10 Å². The summed E-state index contributed by atoms with van der Waals surface area (Å²) in [5.41, 5.74) is 5.42. The van der Waals surface area contributed by atoms with Gasteiger partial charge in [0.25, 0.3) is 5.91 Å². The van der Waals surface area contributed by atoms with Crippen molar-refractivity contribution >= 4 is 11.9 Å². The first-order valence-corrected chi connectivity index (χ1v) is 11.5. The SMILES string of the molecule is CCCc1c(C(=O)NCc2ccc(-c3ccc(OCC(=O)O)cc3)cc2)cnn1-c1ccccc1. The molecule has 1 heterocycles. The Morgan fingerprint density at radius 3 is 2.23 bits per heavy atom. The zero-order valence-electron chi connectivity index (χ0n) is 19.5. The highest BCUT2D eigenvalue weighted by Gasteiger charge is 2.17. The van der Waals surface area contributed by atoms with Crippen LogP contribution in [0.1, 0.15) is 35.0 Å². The van der Waals surface area contributed by atoms with E-state index in [1.807, 2.05) is 71.4 Å². The van der Waals surface area contributed by atoms with Crippen LogP contribution in [0.3, 0.4) is 0 Å². The molecule has 1 amide bonds. The highest BCUT2D eigenvalue weighted by atomic mass is 16.5. The van der Waals surface area contributed by atoms with Crippen LogP contribution in [0, 0.1) is 0 Å². The van der Waals surface area contributed by atoms with Crippen molar-refractivity contribution in [1.29, 1.82) is 0 Å². The standard InChI is InChI=1S/C28H27N3O4/c1-2-6-26-25(18-30-31(26)23-7-4-3-5-8-23)28(34)29-17-20-9-11-21(12-10-20)22-13-15-24(16-14-22)35-19-27(32)33/h3-5,7-16,18H,2,6,17,19H2,1H3,(H,29,34)(H,32,33). The fourth-order valence-corrected chi connectivity index (χ4v) is 3.81. The number of aliphatic carboxylic acids is 1. The summed E-state index contributed by atoms with van der Waals surface area (Å²) < 4.78 is 7.01. The topological polar surface area (TPSA) is 93.4 Å². The molecular formula is C28H27N3O4. The minimum atomic E-state index is -1.01. The summed E-state index contributed by atoms with van der Waals surface area (Å²) in [4.78, 5) is 23.6. The van der Waals surface area contributed by atoms with E-state index in [-0.39, 0.29) is 12.5 Å². The molecule has 2 N–H and O–H groups in total. The van der Waals surface area contributed by atoms with E-state index in [1.54, 1.807) is 18.3 Å². The summed E-state index contributed by atoms with van der Waals surface area (Å²) in [5, 5.41) is 16.2. The monoisotopic (exact) mass is 469 g/mol. The highest BCUT2D eigenvalue weighted by Crippen LogP contribution is 2.23. The van der Waals surface area contributed by atoms with Gasteiger partial charge in [0, 0.05) is 6.54 Å². The lowest BCUT2D eigenvalue weighted by atomic mass is 10.0. The Kier molecular flexibility index (Phi) is 7.57. The minimum Gasteiger partial charge on any atom is -0.482 e. The lowest BCUT2D eigenvalue weighted by Crippen LogP contribution is -2.23. The van der Waals surface area contributed by atoms with Crippen LogP contribution in [-0.2, 0) is 17.8 Å². The average molecular weight is 470 g/mol. The fourth-order valence-electron chi connectivity index (χ4n) is 3.81. The number of amides is 1. The van der Waals surface area contributed by atoms with Crippen LogP contribution in [0.2, 0.25) is 0 Å². The van der Waals surface area contributed by atoms with Gasteiger partial charge in [0.15, 0.2) is 6.61 Å². The second-order valence-corrected chi connectivity index (χ2v) is 8.09. The third-order valence-electron chi connectivity index (χ3n) is 5.56. The van der Waals surface area contributed by atoms with Gasteiger partial charge in [-0.1, -0.05) is 67.9 Å². The largest absolute Gasteiger partial charge is 0.482 e. The van der Waals surface area contributed by atoms with E-state index in [4.69, 9.17) is 9.84 Å². The number of ether oxygens (including phenoxy) is 1. The molecule has 7 heteroatoms. The number of rotatable bonds is 10. The number of benzene rings is 3. The zero-order chi connectivity index (χ0) is 24.6. The van der Waals surface area contributed by atoms with Gasteiger partial charge in [-0.3, -0.25) is 4.79 Å². The number of carbonyl (C=O) groups is 2. The molecule has 0 aliphatic rings. The Morgan fingerprint density at radius 2 is 1.60 bits per heavy atom. The van der Waals surface area contributed by atoms with Crippen molar-refractivity contribution in [2.45, 2.75) is 26.3 Å². The molecule has 0 aliphatic heterocycles. The third-order valence-corrected chi connectivity index (χ3v) is 5.56. The Balaban J connectivity index is 1.40. The van der Waals surface area contributed by atoms with Gasteiger partial charge in [-0.25, -0.2) is 9.48 Å². The molecule has 0 fully saturated rings. The van der Waals surface area contributed by atoms with Gasteiger partial charge < -0.3 is 15.2 Å². The molecule has 0 saturated heterocycles. The Morgan fingerprint density at radius 1 is 0.943 bits per heavy atom. The normalized spacial score (nSPS) is 10.7. The van der Waals surface area contributed by atoms with Gasteiger partial charge in [0.1, 0.15) is 5.75 Å². The Labute approximate surface area is 204 Å².